The first-order valence-electron chi connectivity index (χ1n) is 9.51. The second-order valence-corrected chi connectivity index (χ2v) is 7.41. The van der Waals surface area contributed by atoms with E-state index in [9.17, 15) is 14.0 Å². The van der Waals surface area contributed by atoms with Gasteiger partial charge in [-0.25, -0.2) is 4.39 Å². The molecule has 2 amide bonds. The summed E-state index contributed by atoms with van der Waals surface area (Å²) in [6.45, 7) is 1.27. The van der Waals surface area contributed by atoms with E-state index >= 15 is 0 Å². The highest BCUT2D eigenvalue weighted by atomic mass is 19.1. The van der Waals surface area contributed by atoms with Gasteiger partial charge in [0.1, 0.15) is 17.3 Å². The number of ether oxygens (including phenoxy) is 2. The van der Waals surface area contributed by atoms with Crippen LogP contribution in [-0.2, 0) is 4.79 Å². The largest absolute Gasteiger partial charge is 0.497 e. The lowest BCUT2D eigenvalue weighted by atomic mass is 9.76. The van der Waals surface area contributed by atoms with Gasteiger partial charge in [-0.2, -0.15) is 0 Å². The number of nitrogens with two attached hydrogens (primary N) is 1. The number of hydrogen-bond donors (Lipinski definition) is 1. The Labute approximate surface area is 169 Å². The van der Waals surface area contributed by atoms with Crippen LogP contribution >= 0.6 is 0 Å². The molecule has 3 rings (SSSR count). The van der Waals surface area contributed by atoms with E-state index in [-0.39, 0.29) is 24.8 Å². The maximum Gasteiger partial charge on any atom is 0.253 e. The van der Waals surface area contributed by atoms with Crippen molar-refractivity contribution in [2.75, 3.05) is 26.8 Å². The molecule has 0 radical (unpaired) electrons. The van der Waals surface area contributed by atoms with Gasteiger partial charge in [-0.1, -0.05) is 6.07 Å². The van der Waals surface area contributed by atoms with E-state index in [1.807, 2.05) is 0 Å². The van der Waals surface area contributed by atoms with Crippen molar-refractivity contribution >= 4 is 11.8 Å². The molecule has 0 aromatic heterocycles. The molecule has 0 spiro atoms. The first-order chi connectivity index (χ1) is 13.9. The number of rotatable bonds is 7. The van der Waals surface area contributed by atoms with Crippen LogP contribution in [0.2, 0.25) is 0 Å². The van der Waals surface area contributed by atoms with Crippen molar-refractivity contribution in [1.29, 1.82) is 0 Å². The lowest BCUT2D eigenvalue weighted by Crippen LogP contribution is -2.47. The average Bonchev–Trinajstić information content (AvgIpc) is 2.73. The van der Waals surface area contributed by atoms with Gasteiger partial charge in [0, 0.05) is 30.5 Å². The summed E-state index contributed by atoms with van der Waals surface area (Å²) >= 11 is 0. The van der Waals surface area contributed by atoms with Gasteiger partial charge in [0.2, 0.25) is 5.91 Å². The zero-order valence-electron chi connectivity index (χ0n) is 16.4. The molecule has 0 unspecified atom stereocenters. The van der Waals surface area contributed by atoms with Crippen LogP contribution in [0.3, 0.4) is 0 Å². The lowest BCUT2D eigenvalue weighted by Gasteiger charge is -2.41. The normalized spacial score (nSPS) is 15.6. The predicted molar refractivity (Wildman–Crippen MR) is 106 cm³/mol. The van der Waals surface area contributed by atoms with E-state index < -0.39 is 11.3 Å². The second kappa shape index (κ2) is 8.94. The molecule has 6 nitrogen and oxygen atoms in total. The Morgan fingerprint density at radius 2 is 1.79 bits per heavy atom. The number of nitrogens with zero attached hydrogens (tertiary/aromatic N) is 1. The van der Waals surface area contributed by atoms with Crippen molar-refractivity contribution in [1.82, 2.24) is 4.90 Å². The Kier molecular flexibility index (Phi) is 6.36. The maximum absolute atomic E-state index is 13.1. The van der Waals surface area contributed by atoms with Crippen LogP contribution in [0.4, 0.5) is 4.39 Å². The fourth-order valence-corrected chi connectivity index (χ4v) is 3.63. The second-order valence-electron chi connectivity index (χ2n) is 7.41. The summed E-state index contributed by atoms with van der Waals surface area (Å²) in [5, 5.41) is 0. The third-order valence-electron chi connectivity index (χ3n) is 5.34. The molecule has 7 heteroatoms. The number of primary amides is 1. The van der Waals surface area contributed by atoms with Gasteiger partial charge in [-0.05, 0) is 55.3 Å². The fourth-order valence-electron chi connectivity index (χ4n) is 3.63. The third kappa shape index (κ3) is 5.25. The maximum atomic E-state index is 13.1. The van der Waals surface area contributed by atoms with Crippen molar-refractivity contribution in [3.8, 4) is 11.5 Å². The van der Waals surface area contributed by atoms with E-state index in [0.717, 1.165) is 0 Å². The van der Waals surface area contributed by atoms with Crippen LogP contribution in [0.15, 0.2) is 48.5 Å². The summed E-state index contributed by atoms with van der Waals surface area (Å²) in [5.74, 6) is 0.346. The average molecular weight is 400 g/mol. The number of benzene rings is 2. The molecule has 1 saturated heterocycles. The van der Waals surface area contributed by atoms with Crippen LogP contribution in [0, 0.1) is 11.2 Å². The molecule has 1 aliphatic heterocycles. The van der Waals surface area contributed by atoms with Gasteiger partial charge in [0.15, 0.2) is 0 Å². The summed E-state index contributed by atoms with van der Waals surface area (Å²) in [6, 6.07) is 12.8. The third-order valence-corrected chi connectivity index (χ3v) is 5.34. The molecule has 0 saturated carbocycles. The highest BCUT2D eigenvalue weighted by Crippen LogP contribution is 2.36. The molecule has 1 aliphatic rings. The topological polar surface area (TPSA) is 81.9 Å². The van der Waals surface area contributed by atoms with E-state index in [4.69, 9.17) is 15.2 Å². The first-order valence-corrected chi connectivity index (χ1v) is 9.51. The Bertz CT molecular complexity index is 861. The van der Waals surface area contributed by atoms with Crippen molar-refractivity contribution in [3.05, 3.63) is 59.9 Å². The highest BCUT2D eigenvalue weighted by molar-refractivity contribution is 5.94. The van der Waals surface area contributed by atoms with Gasteiger partial charge in [-0.3, -0.25) is 9.59 Å². The number of halogens is 1. The minimum Gasteiger partial charge on any atom is -0.497 e. The monoisotopic (exact) mass is 400 g/mol. The molecule has 0 aliphatic carbocycles. The number of methoxy groups -OCH3 is 1. The summed E-state index contributed by atoms with van der Waals surface area (Å²) in [7, 11) is 1.56. The minimum absolute atomic E-state index is 0.0731. The summed E-state index contributed by atoms with van der Waals surface area (Å²) in [6.07, 6.45) is 1.36. The summed E-state index contributed by atoms with van der Waals surface area (Å²) in [4.78, 5) is 26.3. The zero-order valence-corrected chi connectivity index (χ0v) is 16.4. The van der Waals surface area contributed by atoms with Crippen LogP contribution < -0.4 is 15.2 Å². The molecule has 0 atom stereocenters. The van der Waals surface area contributed by atoms with Crippen LogP contribution in [0.1, 0.15) is 29.6 Å². The number of likely N-dealkylation sites (tertiary alicyclic amines) is 1. The molecule has 2 aromatic rings. The van der Waals surface area contributed by atoms with Gasteiger partial charge in [0.05, 0.1) is 13.7 Å². The minimum atomic E-state index is -0.453. The van der Waals surface area contributed by atoms with Crippen molar-refractivity contribution in [3.63, 3.8) is 0 Å². The van der Waals surface area contributed by atoms with Crippen LogP contribution in [0.25, 0.3) is 0 Å². The van der Waals surface area contributed by atoms with Gasteiger partial charge in [-0.15, -0.1) is 0 Å². The first kappa shape index (κ1) is 20.6. The molecule has 1 heterocycles. The van der Waals surface area contributed by atoms with Gasteiger partial charge >= 0.3 is 0 Å². The molecule has 0 bridgehead atoms. The van der Waals surface area contributed by atoms with E-state index in [2.05, 4.69) is 0 Å². The summed E-state index contributed by atoms with van der Waals surface area (Å²) < 4.78 is 24.1. The molecule has 29 heavy (non-hydrogen) atoms. The highest BCUT2D eigenvalue weighted by Gasteiger charge is 2.38. The Morgan fingerprint density at radius 3 is 2.41 bits per heavy atom. The zero-order chi connectivity index (χ0) is 20.9. The Hall–Kier alpha value is -3.09. The summed E-state index contributed by atoms with van der Waals surface area (Å²) in [5.41, 5.74) is 5.59. The van der Waals surface area contributed by atoms with Crippen molar-refractivity contribution < 1.29 is 23.5 Å². The quantitative estimate of drug-likeness (QED) is 0.775. The molecule has 2 N–H and O–H groups in total. The standard InChI is InChI=1S/C22H25FN2O4/c1-28-19-4-2-3-16(13-19)21(27)25-11-9-22(10-12-25,14-20(24)26)15-29-18-7-5-17(23)6-8-18/h2-8,13H,9-12,14-15H2,1H3,(H2,24,26). The van der Waals surface area contributed by atoms with E-state index in [1.54, 1.807) is 48.4 Å². The molecular weight excluding hydrogens is 375 g/mol. The van der Waals surface area contributed by atoms with Gasteiger partial charge < -0.3 is 20.1 Å². The fraction of sp³-hybridized carbons (Fsp3) is 0.364. The van der Waals surface area contributed by atoms with Crippen LogP contribution in [-0.4, -0.2) is 43.5 Å². The lowest BCUT2D eigenvalue weighted by molar-refractivity contribution is -0.121. The number of carbonyl (C=O) groups is 2. The smallest absolute Gasteiger partial charge is 0.253 e. The Balaban J connectivity index is 1.66. The SMILES string of the molecule is COc1cccc(C(=O)N2CCC(COc3ccc(F)cc3)(CC(N)=O)CC2)c1. The molecule has 2 aromatic carbocycles. The van der Waals surface area contributed by atoms with E-state index in [0.29, 0.717) is 43.0 Å². The Morgan fingerprint density at radius 1 is 1.10 bits per heavy atom. The van der Waals surface area contributed by atoms with Crippen LogP contribution in [0.5, 0.6) is 11.5 Å². The predicted octanol–water partition coefficient (Wildman–Crippen LogP) is 3.01. The number of carbonyl (C=O) groups excluding carboxylic acids is 2. The van der Waals surface area contributed by atoms with E-state index in [1.165, 1.54) is 12.1 Å². The van der Waals surface area contributed by atoms with Crippen molar-refractivity contribution in [2.24, 2.45) is 11.1 Å². The van der Waals surface area contributed by atoms with Gasteiger partial charge in [0.25, 0.3) is 5.91 Å². The number of piperidine rings is 1. The number of hydrogen-bond acceptors (Lipinski definition) is 4. The molecule has 1 fully saturated rings. The molecular formula is C22H25FN2O4. The van der Waals surface area contributed by atoms with Crippen molar-refractivity contribution in [2.45, 2.75) is 19.3 Å². The number of amides is 2. The molecule has 154 valence electrons.